The van der Waals surface area contributed by atoms with E-state index in [1.807, 2.05) is 23.6 Å². The Hall–Kier alpha value is -3.53. The molecule has 1 aromatic heterocycles. The van der Waals surface area contributed by atoms with Crippen LogP contribution >= 0.6 is 0 Å². The molecule has 1 fully saturated rings. The van der Waals surface area contributed by atoms with E-state index in [1.165, 1.54) is 36.5 Å². The number of rotatable bonds is 7. The number of pyridine rings is 1. The molecule has 2 amide bonds. The molecular formula is C22H26FN5O4. The van der Waals surface area contributed by atoms with E-state index in [-0.39, 0.29) is 41.1 Å². The fraction of sp³-hybridized carbons (Fsp3) is 0.364. The highest BCUT2D eigenvalue weighted by molar-refractivity contribution is 6.05. The van der Waals surface area contributed by atoms with Gasteiger partial charge < -0.3 is 20.6 Å². The highest BCUT2D eigenvalue weighted by Gasteiger charge is 2.24. The molecule has 3 N–H and O–H groups in total. The Bertz CT molecular complexity index is 1010. The van der Waals surface area contributed by atoms with Crippen LogP contribution in [-0.2, 0) is 4.79 Å². The van der Waals surface area contributed by atoms with Crippen molar-refractivity contribution in [3.05, 3.63) is 53.5 Å². The summed E-state index contributed by atoms with van der Waals surface area (Å²) < 4.78 is 13.8. The van der Waals surface area contributed by atoms with E-state index in [0.29, 0.717) is 26.2 Å². The number of carbonyl (C=O) groups is 3. The van der Waals surface area contributed by atoms with Crippen LogP contribution in [0.2, 0.25) is 0 Å². The maximum absolute atomic E-state index is 13.8. The molecule has 0 radical (unpaired) electrons. The van der Waals surface area contributed by atoms with Crippen LogP contribution in [0.25, 0.3) is 0 Å². The number of hydrogen-bond donors (Lipinski definition) is 3. The summed E-state index contributed by atoms with van der Waals surface area (Å²) in [5, 5.41) is 15.0. The number of hydrogen-bond acceptors (Lipinski definition) is 6. The highest BCUT2D eigenvalue weighted by Crippen LogP contribution is 2.23. The number of carbonyl (C=O) groups excluding carboxylic acids is 2. The molecule has 0 spiro atoms. The summed E-state index contributed by atoms with van der Waals surface area (Å²) >= 11 is 0. The van der Waals surface area contributed by atoms with Crippen molar-refractivity contribution in [3.63, 3.8) is 0 Å². The van der Waals surface area contributed by atoms with Crippen molar-refractivity contribution in [1.29, 1.82) is 0 Å². The fourth-order valence-corrected chi connectivity index (χ4v) is 3.47. The van der Waals surface area contributed by atoms with Crippen LogP contribution < -0.4 is 15.5 Å². The number of anilines is 2. The molecule has 0 atom stereocenters. The van der Waals surface area contributed by atoms with E-state index < -0.39 is 17.7 Å². The number of nitrogens with one attached hydrogen (secondary N) is 2. The largest absolute Gasteiger partial charge is 0.478 e. The summed E-state index contributed by atoms with van der Waals surface area (Å²) in [5.74, 6) is -2.32. The van der Waals surface area contributed by atoms with Crippen molar-refractivity contribution in [2.75, 3.05) is 42.9 Å². The van der Waals surface area contributed by atoms with Gasteiger partial charge in [-0.3, -0.25) is 14.5 Å². The van der Waals surface area contributed by atoms with Crippen molar-refractivity contribution in [2.45, 2.75) is 19.9 Å². The zero-order chi connectivity index (χ0) is 23.3. The molecule has 1 aliphatic heterocycles. The Balaban J connectivity index is 1.68. The minimum absolute atomic E-state index is 0.0484. The van der Waals surface area contributed by atoms with Crippen LogP contribution in [0.3, 0.4) is 0 Å². The van der Waals surface area contributed by atoms with Crippen molar-refractivity contribution < 1.29 is 23.9 Å². The molecule has 1 saturated heterocycles. The van der Waals surface area contributed by atoms with Crippen LogP contribution in [0.4, 0.5) is 15.9 Å². The van der Waals surface area contributed by atoms with Crippen molar-refractivity contribution in [2.24, 2.45) is 0 Å². The average Bonchev–Trinajstić information content (AvgIpc) is 2.74. The molecule has 1 aliphatic rings. The summed E-state index contributed by atoms with van der Waals surface area (Å²) in [6, 6.07) is 6.90. The van der Waals surface area contributed by atoms with Gasteiger partial charge in [0.2, 0.25) is 5.91 Å². The molecule has 170 valence electrons. The first kappa shape index (κ1) is 23.1. The van der Waals surface area contributed by atoms with Crippen LogP contribution in [0, 0.1) is 5.82 Å². The lowest BCUT2D eigenvalue weighted by atomic mass is 10.1. The normalized spacial score (nSPS) is 14.3. The van der Waals surface area contributed by atoms with Gasteiger partial charge in [0.15, 0.2) is 0 Å². The number of nitrogens with zero attached hydrogens (tertiary/aromatic N) is 3. The molecule has 0 saturated carbocycles. The molecule has 0 bridgehead atoms. The molecule has 2 aromatic rings. The SMILES string of the molecule is CC(C)NC(=O)CN1CCN(c2ncc(NC(=O)c3ccccc3F)cc2C(=O)O)CC1. The maximum atomic E-state index is 13.8. The lowest BCUT2D eigenvalue weighted by Crippen LogP contribution is -2.50. The minimum atomic E-state index is -1.19. The fourth-order valence-electron chi connectivity index (χ4n) is 3.47. The van der Waals surface area contributed by atoms with E-state index in [9.17, 15) is 23.9 Å². The third-order valence-electron chi connectivity index (χ3n) is 4.96. The zero-order valence-electron chi connectivity index (χ0n) is 18.0. The number of piperazine rings is 1. The van der Waals surface area contributed by atoms with Gasteiger partial charge in [-0.15, -0.1) is 0 Å². The molecule has 2 heterocycles. The Morgan fingerprint density at radius 2 is 1.81 bits per heavy atom. The second kappa shape index (κ2) is 10.2. The molecule has 1 aromatic carbocycles. The van der Waals surface area contributed by atoms with Gasteiger partial charge in [-0.25, -0.2) is 14.2 Å². The molecule has 0 unspecified atom stereocenters. The van der Waals surface area contributed by atoms with Crippen LogP contribution in [-0.4, -0.2) is 71.5 Å². The predicted octanol–water partition coefficient (Wildman–Crippen LogP) is 1.82. The third kappa shape index (κ3) is 5.79. The molecular weight excluding hydrogens is 417 g/mol. The Kier molecular flexibility index (Phi) is 7.37. The first-order valence-corrected chi connectivity index (χ1v) is 10.3. The number of carboxylic acids is 1. The van der Waals surface area contributed by atoms with E-state index in [1.54, 1.807) is 0 Å². The van der Waals surface area contributed by atoms with Crippen molar-refractivity contribution >= 4 is 29.3 Å². The van der Waals surface area contributed by atoms with Gasteiger partial charge in [0.05, 0.1) is 24.0 Å². The number of benzene rings is 1. The maximum Gasteiger partial charge on any atom is 0.339 e. The van der Waals surface area contributed by atoms with E-state index >= 15 is 0 Å². The van der Waals surface area contributed by atoms with Gasteiger partial charge in [-0.2, -0.15) is 0 Å². The number of aromatic carboxylic acids is 1. The summed E-state index contributed by atoms with van der Waals surface area (Å²) in [6.07, 6.45) is 1.35. The van der Waals surface area contributed by atoms with Crippen molar-refractivity contribution in [1.82, 2.24) is 15.2 Å². The summed E-state index contributed by atoms with van der Waals surface area (Å²) in [7, 11) is 0. The Labute approximate surface area is 185 Å². The van der Waals surface area contributed by atoms with E-state index in [2.05, 4.69) is 15.6 Å². The molecule has 9 nitrogen and oxygen atoms in total. The van der Waals surface area contributed by atoms with Crippen LogP contribution in [0.1, 0.15) is 34.6 Å². The lowest BCUT2D eigenvalue weighted by Gasteiger charge is -2.35. The summed E-state index contributed by atoms with van der Waals surface area (Å²) in [4.78, 5) is 44.2. The molecule has 32 heavy (non-hydrogen) atoms. The second-order valence-corrected chi connectivity index (χ2v) is 7.82. The molecule has 3 rings (SSSR count). The summed E-state index contributed by atoms with van der Waals surface area (Å²) in [6.45, 7) is 6.25. The topological polar surface area (TPSA) is 115 Å². The van der Waals surface area contributed by atoms with Gasteiger partial charge in [0.25, 0.3) is 5.91 Å². The Morgan fingerprint density at radius 3 is 2.44 bits per heavy atom. The second-order valence-electron chi connectivity index (χ2n) is 7.82. The minimum Gasteiger partial charge on any atom is -0.478 e. The first-order valence-electron chi connectivity index (χ1n) is 10.3. The monoisotopic (exact) mass is 443 g/mol. The molecule has 10 heteroatoms. The number of carboxylic acid groups (broad SMARTS) is 1. The smallest absolute Gasteiger partial charge is 0.339 e. The van der Waals surface area contributed by atoms with Gasteiger partial charge >= 0.3 is 5.97 Å². The van der Waals surface area contributed by atoms with Gasteiger partial charge in [0.1, 0.15) is 17.2 Å². The van der Waals surface area contributed by atoms with Crippen LogP contribution in [0.5, 0.6) is 0 Å². The van der Waals surface area contributed by atoms with Crippen LogP contribution in [0.15, 0.2) is 36.5 Å². The number of halogens is 1. The predicted molar refractivity (Wildman–Crippen MR) is 117 cm³/mol. The quantitative estimate of drug-likeness (QED) is 0.598. The Morgan fingerprint density at radius 1 is 1.12 bits per heavy atom. The van der Waals surface area contributed by atoms with Gasteiger partial charge in [-0.05, 0) is 32.0 Å². The molecule has 0 aliphatic carbocycles. The van der Waals surface area contributed by atoms with E-state index in [4.69, 9.17) is 0 Å². The third-order valence-corrected chi connectivity index (χ3v) is 4.96. The van der Waals surface area contributed by atoms with Crippen molar-refractivity contribution in [3.8, 4) is 0 Å². The number of aromatic nitrogens is 1. The number of amides is 2. The van der Waals surface area contributed by atoms with Gasteiger partial charge in [-0.1, -0.05) is 12.1 Å². The summed E-state index contributed by atoms with van der Waals surface area (Å²) in [5.41, 5.74) is -0.0585. The zero-order valence-corrected chi connectivity index (χ0v) is 18.0. The lowest BCUT2D eigenvalue weighted by molar-refractivity contribution is -0.122. The first-order chi connectivity index (χ1) is 15.2. The van der Waals surface area contributed by atoms with Gasteiger partial charge in [0, 0.05) is 32.2 Å². The highest BCUT2D eigenvalue weighted by atomic mass is 19.1. The van der Waals surface area contributed by atoms with E-state index in [0.717, 1.165) is 0 Å². The average molecular weight is 443 g/mol. The standard InChI is InChI=1S/C22H26FN5O4/c1-14(2)25-19(29)13-27-7-9-28(10-8-27)20-17(22(31)32)11-15(12-24-20)26-21(30)16-5-3-4-6-18(16)23/h3-6,11-12,14H,7-10,13H2,1-2H3,(H,25,29)(H,26,30)(H,31,32).